The minimum atomic E-state index is -0.858. The molecular weight excluding hydrogens is 363 g/mol. The van der Waals surface area contributed by atoms with E-state index in [1.54, 1.807) is 24.3 Å². The molecule has 0 aliphatic carbocycles. The molecular formula is C17H15FN2O7. The fourth-order valence-corrected chi connectivity index (χ4v) is 1.91. The Hall–Kier alpha value is -3.69. The molecule has 0 atom stereocenters. The van der Waals surface area contributed by atoms with Crippen LogP contribution in [-0.4, -0.2) is 37.1 Å². The first-order chi connectivity index (χ1) is 12.9. The number of hydrogen-bond donors (Lipinski definition) is 1. The summed E-state index contributed by atoms with van der Waals surface area (Å²) in [5.41, 5.74) is -0.781. The van der Waals surface area contributed by atoms with Gasteiger partial charge in [0, 0.05) is 12.1 Å². The topological polar surface area (TPSA) is 117 Å². The van der Waals surface area contributed by atoms with Gasteiger partial charge in [0.1, 0.15) is 17.3 Å². The molecule has 0 saturated carbocycles. The van der Waals surface area contributed by atoms with Gasteiger partial charge in [0.2, 0.25) is 0 Å². The molecule has 1 amide bonds. The van der Waals surface area contributed by atoms with E-state index in [9.17, 15) is 24.1 Å². The number of esters is 1. The van der Waals surface area contributed by atoms with E-state index >= 15 is 0 Å². The summed E-state index contributed by atoms with van der Waals surface area (Å²) in [7, 11) is 1.51. The van der Waals surface area contributed by atoms with Gasteiger partial charge in [-0.1, -0.05) is 0 Å². The average molecular weight is 378 g/mol. The number of non-ortho nitro benzene ring substituents is 1. The van der Waals surface area contributed by atoms with Crippen LogP contribution in [0.25, 0.3) is 0 Å². The predicted octanol–water partition coefficient (Wildman–Crippen LogP) is 2.30. The van der Waals surface area contributed by atoms with E-state index in [4.69, 9.17) is 14.2 Å². The maximum absolute atomic E-state index is 13.6. The van der Waals surface area contributed by atoms with Crippen molar-refractivity contribution < 1.29 is 33.1 Å². The Balaban J connectivity index is 1.80. The SMILES string of the molecule is COc1ccc(OCC(=O)OCC(=O)Nc2cc([N+](=O)[O-])ccc2F)cc1. The Morgan fingerprint density at radius 1 is 1.11 bits per heavy atom. The van der Waals surface area contributed by atoms with Crippen LogP contribution >= 0.6 is 0 Å². The number of amides is 1. The number of nitro benzene ring substituents is 1. The quantitative estimate of drug-likeness (QED) is 0.425. The second-order valence-corrected chi connectivity index (χ2v) is 5.09. The van der Waals surface area contributed by atoms with Crippen molar-refractivity contribution in [1.29, 1.82) is 0 Å². The summed E-state index contributed by atoms with van der Waals surface area (Å²) in [6.07, 6.45) is 0. The molecule has 0 aromatic heterocycles. The van der Waals surface area contributed by atoms with Gasteiger partial charge in [-0.3, -0.25) is 14.9 Å². The number of hydrogen-bond acceptors (Lipinski definition) is 7. The second-order valence-electron chi connectivity index (χ2n) is 5.09. The number of ether oxygens (including phenoxy) is 3. The molecule has 0 spiro atoms. The summed E-state index contributed by atoms with van der Waals surface area (Å²) < 4.78 is 28.4. The first kappa shape index (κ1) is 19.6. The highest BCUT2D eigenvalue weighted by molar-refractivity contribution is 5.93. The van der Waals surface area contributed by atoms with Gasteiger partial charge < -0.3 is 19.5 Å². The third-order valence-electron chi connectivity index (χ3n) is 3.22. The van der Waals surface area contributed by atoms with Crippen LogP contribution in [0.3, 0.4) is 0 Å². The van der Waals surface area contributed by atoms with Crippen molar-refractivity contribution in [3.63, 3.8) is 0 Å². The highest BCUT2D eigenvalue weighted by atomic mass is 19.1. The molecule has 0 unspecified atom stereocenters. The Morgan fingerprint density at radius 2 is 1.78 bits per heavy atom. The summed E-state index contributed by atoms with van der Waals surface area (Å²) in [5.74, 6) is -1.51. The van der Waals surface area contributed by atoms with Crippen LogP contribution in [0.15, 0.2) is 42.5 Å². The lowest BCUT2D eigenvalue weighted by molar-refractivity contribution is -0.384. The van der Waals surface area contributed by atoms with Crippen molar-refractivity contribution in [2.45, 2.75) is 0 Å². The minimum absolute atomic E-state index is 0.389. The van der Waals surface area contributed by atoms with E-state index in [1.807, 2.05) is 0 Å². The van der Waals surface area contributed by atoms with Crippen LogP contribution in [-0.2, 0) is 14.3 Å². The zero-order chi connectivity index (χ0) is 19.8. The molecule has 0 radical (unpaired) electrons. The van der Waals surface area contributed by atoms with Crippen LogP contribution in [0.5, 0.6) is 11.5 Å². The third-order valence-corrected chi connectivity index (χ3v) is 3.22. The molecule has 0 bridgehead atoms. The molecule has 0 aliphatic heterocycles. The average Bonchev–Trinajstić information content (AvgIpc) is 2.66. The van der Waals surface area contributed by atoms with Crippen LogP contribution in [0.1, 0.15) is 0 Å². The number of anilines is 1. The Labute approximate surface area is 152 Å². The Morgan fingerprint density at radius 3 is 2.41 bits per heavy atom. The lowest BCUT2D eigenvalue weighted by Crippen LogP contribution is -2.24. The highest BCUT2D eigenvalue weighted by Gasteiger charge is 2.14. The monoisotopic (exact) mass is 378 g/mol. The fourth-order valence-electron chi connectivity index (χ4n) is 1.91. The number of rotatable bonds is 8. The van der Waals surface area contributed by atoms with Crippen LogP contribution in [0.4, 0.5) is 15.8 Å². The van der Waals surface area contributed by atoms with Gasteiger partial charge in [-0.2, -0.15) is 0 Å². The first-order valence-corrected chi connectivity index (χ1v) is 7.55. The molecule has 10 heteroatoms. The summed E-state index contributed by atoms with van der Waals surface area (Å²) in [6, 6.07) is 9.13. The van der Waals surface area contributed by atoms with Gasteiger partial charge in [0.25, 0.3) is 11.6 Å². The molecule has 2 aromatic carbocycles. The molecule has 27 heavy (non-hydrogen) atoms. The molecule has 1 N–H and O–H groups in total. The summed E-state index contributed by atoms with van der Waals surface area (Å²) in [4.78, 5) is 33.2. The molecule has 0 aliphatic rings. The van der Waals surface area contributed by atoms with Crippen LogP contribution < -0.4 is 14.8 Å². The Kier molecular flexibility index (Phi) is 6.64. The summed E-state index contributed by atoms with van der Waals surface area (Å²) in [5, 5.41) is 12.8. The molecule has 9 nitrogen and oxygen atoms in total. The number of methoxy groups -OCH3 is 1. The maximum atomic E-state index is 13.6. The lowest BCUT2D eigenvalue weighted by Gasteiger charge is -2.09. The van der Waals surface area contributed by atoms with E-state index in [-0.39, 0.29) is 5.69 Å². The third kappa shape index (κ3) is 5.96. The van der Waals surface area contributed by atoms with Crippen molar-refractivity contribution in [3.05, 3.63) is 58.4 Å². The number of halogens is 1. The maximum Gasteiger partial charge on any atom is 0.344 e. The minimum Gasteiger partial charge on any atom is -0.497 e. The van der Waals surface area contributed by atoms with Crippen molar-refractivity contribution in [3.8, 4) is 11.5 Å². The molecule has 0 fully saturated rings. The number of nitro groups is 1. The number of carbonyl (C=O) groups is 2. The lowest BCUT2D eigenvalue weighted by atomic mass is 10.2. The van der Waals surface area contributed by atoms with Crippen molar-refractivity contribution in [1.82, 2.24) is 0 Å². The second kappa shape index (κ2) is 9.13. The largest absolute Gasteiger partial charge is 0.497 e. The van der Waals surface area contributed by atoms with E-state index in [1.165, 1.54) is 7.11 Å². The number of nitrogens with one attached hydrogen (secondary N) is 1. The molecule has 0 heterocycles. The molecule has 0 saturated heterocycles. The molecule has 2 rings (SSSR count). The van der Waals surface area contributed by atoms with E-state index in [0.29, 0.717) is 11.5 Å². The van der Waals surface area contributed by atoms with Crippen LogP contribution in [0.2, 0.25) is 0 Å². The van der Waals surface area contributed by atoms with Crippen molar-refractivity contribution in [2.75, 3.05) is 25.6 Å². The van der Waals surface area contributed by atoms with Gasteiger partial charge in [0.05, 0.1) is 17.7 Å². The summed E-state index contributed by atoms with van der Waals surface area (Å²) in [6.45, 7) is -1.14. The van der Waals surface area contributed by atoms with E-state index in [2.05, 4.69) is 5.32 Å². The predicted molar refractivity (Wildman–Crippen MR) is 91.1 cm³/mol. The standard InChI is InChI=1S/C17H15FN2O7/c1-25-12-3-5-13(6-4-12)26-10-17(22)27-9-16(21)19-15-8-11(20(23)24)2-7-14(15)18/h2-8H,9-10H2,1H3,(H,19,21). The van der Waals surface area contributed by atoms with Gasteiger partial charge in [-0.05, 0) is 30.3 Å². The van der Waals surface area contributed by atoms with Gasteiger partial charge >= 0.3 is 5.97 Å². The Bertz CT molecular complexity index is 840. The van der Waals surface area contributed by atoms with E-state index < -0.39 is 41.5 Å². The van der Waals surface area contributed by atoms with Crippen molar-refractivity contribution >= 4 is 23.3 Å². The van der Waals surface area contributed by atoms with Gasteiger partial charge in [0.15, 0.2) is 13.2 Å². The van der Waals surface area contributed by atoms with Crippen LogP contribution in [0, 0.1) is 15.9 Å². The number of benzene rings is 2. The summed E-state index contributed by atoms with van der Waals surface area (Å²) >= 11 is 0. The normalized spacial score (nSPS) is 10.0. The van der Waals surface area contributed by atoms with Gasteiger partial charge in [-0.15, -0.1) is 0 Å². The molecule has 2 aromatic rings. The number of nitrogens with zero attached hydrogens (tertiary/aromatic N) is 1. The smallest absolute Gasteiger partial charge is 0.344 e. The van der Waals surface area contributed by atoms with Crippen molar-refractivity contribution in [2.24, 2.45) is 0 Å². The zero-order valence-electron chi connectivity index (χ0n) is 14.1. The highest BCUT2D eigenvalue weighted by Crippen LogP contribution is 2.21. The zero-order valence-corrected chi connectivity index (χ0v) is 14.1. The van der Waals surface area contributed by atoms with E-state index in [0.717, 1.165) is 18.2 Å². The first-order valence-electron chi connectivity index (χ1n) is 7.55. The molecule has 142 valence electrons. The van der Waals surface area contributed by atoms with Gasteiger partial charge in [-0.25, -0.2) is 9.18 Å². The fraction of sp³-hybridized carbons (Fsp3) is 0.176. The number of carbonyl (C=O) groups excluding carboxylic acids is 2.